The summed E-state index contributed by atoms with van der Waals surface area (Å²) in [4.78, 5) is 2.59. The van der Waals surface area contributed by atoms with Crippen LogP contribution in [0.1, 0.15) is 58.0 Å². The van der Waals surface area contributed by atoms with Gasteiger partial charge in [0.15, 0.2) is 11.5 Å². The van der Waals surface area contributed by atoms with Gasteiger partial charge in [0, 0.05) is 29.0 Å². The van der Waals surface area contributed by atoms with Crippen LogP contribution in [-0.2, 0) is 0 Å². The Balaban J connectivity index is 0.00000218. The van der Waals surface area contributed by atoms with Gasteiger partial charge in [0.1, 0.15) is 6.04 Å². The van der Waals surface area contributed by atoms with E-state index in [2.05, 4.69) is 95.1 Å². The second-order valence-electron chi connectivity index (χ2n) is 9.71. The molecule has 1 fully saturated rings. The minimum Gasteiger partial charge on any atom is -0.354 e. The first-order valence-electron chi connectivity index (χ1n) is 10.5. The van der Waals surface area contributed by atoms with Crippen LogP contribution in [0.5, 0.6) is 0 Å². The van der Waals surface area contributed by atoms with Gasteiger partial charge in [0.2, 0.25) is 0 Å². The van der Waals surface area contributed by atoms with E-state index >= 15 is 0 Å². The van der Waals surface area contributed by atoms with E-state index in [1.165, 1.54) is 11.3 Å². The third kappa shape index (κ3) is 3.50. The molecule has 0 spiro atoms. The van der Waals surface area contributed by atoms with E-state index < -0.39 is 0 Å². The summed E-state index contributed by atoms with van der Waals surface area (Å²) in [6, 6.07) is 15.2. The first-order valence-corrected chi connectivity index (χ1v) is 10.5. The second-order valence-corrected chi connectivity index (χ2v) is 9.71. The number of pyridine rings is 1. The lowest BCUT2D eigenvalue weighted by Gasteiger charge is -2.52. The molecule has 0 aliphatic carbocycles. The van der Waals surface area contributed by atoms with Crippen molar-refractivity contribution in [3.63, 3.8) is 0 Å². The maximum absolute atomic E-state index is 4.61. The molecule has 2 aliphatic heterocycles. The summed E-state index contributed by atoms with van der Waals surface area (Å²) in [6.07, 6.45) is 8.73. The molecule has 1 unspecified atom stereocenters. The monoisotopic (exact) mass is 404 g/mol. The fourth-order valence-corrected chi connectivity index (χ4v) is 5.46. The van der Waals surface area contributed by atoms with Gasteiger partial charge in [0.25, 0.3) is 0 Å². The molecule has 0 saturated carbocycles. The molecule has 2 aliphatic rings. The summed E-state index contributed by atoms with van der Waals surface area (Å²) in [7, 11) is 0. The molecule has 1 saturated heterocycles. The van der Waals surface area contributed by atoms with Gasteiger partial charge in [-0.2, -0.15) is 0 Å². The predicted molar refractivity (Wildman–Crippen MR) is 123 cm³/mol. The van der Waals surface area contributed by atoms with Crippen molar-refractivity contribution < 1.29 is 0 Å². The van der Waals surface area contributed by atoms with E-state index in [9.17, 15) is 0 Å². The van der Waals surface area contributed by atoms with E-state index in [1.807, 2.05) is 18.2 Å². The Morgan fingerprint density at radius 3 is 2.40 bits per heavy atom. The van der Waals surface area contributed by atoms with E-state index in [4.69, 9.17) is 0 Å². The zero-order chi connectivity index (χ0) is 20.2. The summed E-state index contributed by atoms with van der Waals surface area (Å²) in [6.45, 7) is 9.25. The van der Waals surface area contributed by atoms with Crippen LogP contribution in [-0.4, -0.2) is 31.7 Å². The first-order chi connectivity index (χ1) is 13.8. The summed E-state index contributed by atoms with van der Waals surface area (Å²) < 4.78 is 2.12. The Morgan fingerprint density at radius 2 is 1.63 bits per heavy atom. The molecule has 158 valence electrons. The van der Waals surface area contributed by atoms with E-state index in [0.29, 0.717) is 6.04 Å². The highest BCUT2D eigenvalue weighted by atomic mass is 15.3. The van der Waals surface area contributed by atoms with Gasteiger partial charge in [0.05, 0.1) is 0 Å². The molecule has 2 aromatic heterocycles. The number of fused-ring (bicyclic) bond motifs is 2. The largest absolute Gasteiger partial charge is 0.354 e. The minimum absolute atomic E-state index is 0. The number of benzene rings is 1. The number of anilines is 1. The van der Waals surface area contributed by atoms with E-state index in [-0.39, 0.29) is 23.3 Å². The number of para-hydroxylation sites is 1. The van der Waals surface area contributed by atoms with Crippen molar-refractivity contribution in [2.75, 3.05) is 4.90 Å². The number of piperidine rings is 1. The summed E-state index contributed by atoms with van der Waals surface area (Å²) in [5, 5.41) is 12.9. The number of nitrogens with one attached hydrogen (secondary N) is 1. The molecule has 6 nitrogen and oxygen atoms in total. The number of nitrogens with zero attached hydrogens (tertiary/aromatic N) is 4. The van der Waals surface area contributed by atoms with Gasteiger partial charge in [-0.3, -0.25) is 4.40 Å². The number of aromatic nitrogens is 3. The van der Waals surface area contributed by atoms with Crippen molar-refractivity contribution in [2.45, 2.75) is 63.7 Å². The average molecular weight is 405 g/mol. The van der Waals surface area contributed by atoms with Gasteiger partial charge < -0.3 is 16.4 Å². The fourth-order valence-electron chi connectivity index (χ4n) is 5.46. The Labute approximate surface area is 178 Å². The highest BCUT2D eigenvalue weighted by molar-refractivity contribution is 5.73. The predicted octanol–water partition coefficient (Wildman–Crippen LogP) is 4.78. The average Bonchev–Trinajstić information content (AvgIpc) is 3.08. The lowest BCUT2D eigenvalue weighted by atomic mass is 9.78. The fraction of sp³-hybridized carbons (Fsp3) is 0.417. The molecular formula is C24H32N6. The quantitative estimate of drug-likeness (QED) is 0.643. The molecule has 0 bridgehead atoms. The molecule has 1 atom stereocenters. The van der Waals surface area contributed by atoms with Crippen LogP contribution >= 0.6 is 0 Å². The Kier molecular flexibility index (Phi) is 4.95. The van der Waals surface area contributed by atoms with E-state index in [1.54, 1.807) is 0 Å². The van der Waals surface area contributed by atoms with E-state index in [0.717, 1.165) is 24.3 Å². The smallest absolute Gasteiger partial charge is 0.164 e. The van der Waals surface area contributed by atoms with Gasteiger partial charge in [-0.1, -0.05) is 36.4 Å². The SMILES string of the molecule is CC1(C)CC(N2c3ccccc3C=CC2c2nnc3ccccn23)CC(C)(C)N1.N. The highest BCUT2D eigenvalue weighted by Crippen LogP contribution is 2.42. The highest BCUT2D eigenvalue weighted by Gasteiger charge is 2.43. The molecular weight excluding hydrogens is 372 g/mol. The van der Waals surface area contributed by atoms with Crippen molar-refractivity contribution in [3.05, 3.63) is 66.1 Å². The zero-order valence-corrected chi connectivity index (χ0v) is 18.3. The van der Waals surface area contributed by atoms with Crippen LogP contribution < -0.4 is 16.4 Å². The number of hydrogen-bond donors (Lipinski definition) is 2. The third-order valence-electron chi connectivity index (χ3n) is 6.14. The Morgan fingerprint density at radius 1 is 0.933 bits per heavy atom. The lowest BCUT2D eigenvalue weighted by molar-refractivity contribution is 0.155. The number of rotatable bonds is 2. The van der Waals surface area contributed by atoms with Gasteiger partial charge in [-0.15, -0.1) is 10.2 Å². The van der Waals surface area contributed by atoms with Crippen molar-refractivity contribution >= 4 is 17.4 Å². The van der Waals surface area contributed by atoms with Crippen LogP contribution in [0.4, 0.5) is 5.69 Å². The molecule has 0 amide bonds. The second kappa shape index (κ2) is 7.22. The third-order valence-corrected chi connectivity index (χ3v) is 6.14. The lowest BCUT2D eigenvalue weighted by Crippen LogP contribution is -2.62. The summed E-state index contributed by atoms with van der Waals surface area (Å²) in [5.41, 5.74) is 3.58. The molecule has 5 rings (SSSR count). The normalized spacial score (nSPS) is 22.5. The first kappa shape index (κ1) is 20.6. The summed E-state index contributed by atoms with van der Waals surface area (Å²) in [5.74, 6) is 0.973. The van der Waals surface area contributed by atoms with Crippen molar-refractivity contribution in [3.8, 4) is 0 Å². The molecule has 0 radical (unpaired) electrons. The topological polar surface area (TPSA) is 80.5 Å². The van der Waals surface area contributed by atoms with Crippen LogP contribution in [0.2, 0.25) is 0 Å². The molecule has 3 aromatic rings. The van der Waals surface area contributed by atoms with Crippen LogP contribution in [0, 0.1) is 0 Å². The molecule has 6 heteroatoms. The maximum Gasteiger partial charge on any atom is 0.164 e. The summed E-state index contributed by atoms with van der Waals surface area (Å²) >= 11 is 0. The van der Waals surface area contributed by atoms with Crippen molar-refractivity contribution in [1.29, 1.82) is 0 Å². The Bertz CT molecular complexity index is 1060. The van der Waals surface area contributed by atoms with Crippen LogP contribution in [0.15, 0.2) is 54.7 Å². The minimum atomic E-state index is 0. The number of hydrogen-bond acceptors (Lipinski definition) is 5. The standard InChI is InChI=1S/C24H29N5.H3N/c1-23(2)15-18(16-24(3,4)27-23)29-19-10-6-5-9-17(19)12-13-20(29)22-26-25-21-11-7-8-14-28(21)22;/h5-14,18,20,27H,15-16H2,1-4H3;1H3. The van der Waals surface area contributed by atoms with Crippen molar-refractivity contribution in [2.24, 2.45) is 0 Å². The molecule has 4 N–H and O–H groups in total. The van der Waals surface area contributed by atoms with Gasteiger partial charge >= 0.3 is 0 Å². The van der Waals surface area contributed by atoms with Crippen molar-refractivity contribution in [1.82, 2.24) is 26.1 Å². The van der Waals surface area contributed by atoms with Crippen LogP contribution in [0.25, 0.3) is 11.7 Å². The Hall–Kier alpha value is -2.70. The van der Waals surface area contributed by atoms with Crippen LogP contribution in [0.3, 0.4) is 0 Å². The van der Waals surface area contributed by atoms with Gasteiger partial charge in [-0.05, 0) is 64.3 Å². The zero-order valence-electron chi connectivity index (χ0n) is 18.3. The maximum atomic E-state index is 4.61. The molecule has 1 aromatic carbocycles. The van der Waals surface area contributed by atoms with Gasteiger partial charge in [-0.25, -0.2) is 0 Å². The molecule has 30 heavy (non-hydrogen) atoms. The molecule has 4 heterocycles.